The van der Waals surface area contributed by atoms with Crippen molar-refractivity contribution in [2.24, 2.45) is 10.1 Å². The molecule has 8 heteroatoms. The Morgan fingerprint density at radius 1 is 1.09 bits per heavy atom. The number of amidine groups is 2. The van der Waals surface area contributed by atoms with E-state index in [1.54, 1.807) is 6.08 Å². The van der Waals surface area contributed by atoms with E-state index in [1.807, 2.05) is 75.4 Å². The SMILES string of the molecule is Cc1cc(Cl)ccc1-n1c(C)cc(/C=C2/C(=N)N3N=C(Cc4ccccc4)SC3=NC2=O)c1C. The van der Waals surface area contributed by atoms with Crippen LogP contribution in [0, 0.1) is 26.2 Å². The summed E-state index contributed by atoms with van der Waals surface area (Å²) in [5.74, 6) is -0.384. The molecule has 2 aromatic carbocycles. The first-order valence-corrected chi connectivity index (χ1v) is 12.0. The van der Waals surface area contributed by atoms with Crippen molar-refractivity contribution in [3.05, 3.63) is 93.3 Å². The number of amides is 1. The van der Waals surface area contributed by atoms with Gasteiger partial charge in [-0.15, -0.1) is 0 Å². The van der Waals surface area contributed by atoms with Crippen LogP contribution in [0.25, 0.3) is 11.8 Å². The quantitative estimate of drug-likeness (QED) is 0.464. The van der Waals surface area contributed by atoms with E-state index in [1.165, 1.54) is 16.8 Å². The predicted molar refractivity (Wildman–Crippen MR) is 140 cm³/mol. The van der Waals surface area contributed by atoms with Crippen molar-refractivity contribution < 1.29 is 4.79 Å². The highest BCUT2D eigenvalue weighted by Crippen LogP contribution is 2.31. The van der Waals surface area contributed by atoms with Gasteiger partial charge in [-0.1, -0.05) is 41.9 Å². The molecule has 1 N–H and O–H groups in total. The first-order valence-electron chi connectivity index (χ1n) is 10.8. The number of carbonyl (C=O) groups is 1. The maximum absolute atomic E-state index is 12.9. The summed E-state index contributed by atoms with van der Waals surface area (Å²) in [6.07, 6.45) is 2.37. The summed E-state index contributed by atoms with van der Waals surface area (Å²) in [7, 11) is 0. The number of nitrogens with one attached hydrogen (secondary N) is 1. The highest BCUT2D eigenvalue weighted by molar-refractivity contribution is 8.26. The molecule has 0 fully saturated rings. The third-order valence-electron chi connectivity index (χ3n) is 5.86. The second-order valence-corrected chi connectivity index (χ2v) is 9.75. The zero-order valence-corrected chi connectivity index (χ0v) is 20.5. The molecule has 0 radical (unpaired) electrons. The van der Waals surface area contributed by atoms with Crippen molar-refractivity contribution in [1.29, 1.82) is 5.41 Å². The molecule has 0 spiro atoms. The van der Waals surface area contributed by atoms with Crippen molar-refractivity contribution in [2.45, 2.75) is 27.2 Å². The van der Waals surface area contributed by atoms with Crippen molar-refractivity contribution in [3.8, 4) is 5.69 Å². The molecule has 5 rings (SSSR count). The minimum Gasteiger partial charge on any atom is -0.318 e. The number of aryl methyl sites for hydroxylation is 2. The molecule has 0 saturated carbocycles. The van der Waals surface area contributed by atoms with E-state index < -0.39 is 5.91 Å². The number of rotatable bonds is 4. The van der Waals surface area contributed by atoms with Crippen LogP contribution in [0.3, 0.4) is 0 Å². The van der Waals surface area contributed by atoms with Crippen molar-refractivity contribution in [2.75, 3.05) is 0 Å². The Balaban J connectivity index is 1.47. The Kier molecular flexibility index (Phi) is 5.75. The van der Waals surface area contributed by atoms with E-state index in [4.69, 9.17) is 17.0 Å². The highest BCUT2D eigenvalue weighted by Gasteiger charge is 2.35. The molecule has 6 nitrogen and oxygen atoms in total. The van der Waals surface area contributed by atoms with Crippen molar-refractivity contribution in [3.63, 3.8) is 0 Å². The monoisotopic (exact) mass is 487 g/mol. The van der Waals surface area contributed by atoms with Crippen molar-refractivity contribution in [1.82, 2.24) is 9.58 Å². The fraction of sp³-hybridized carbons (Fsp3) is 0.154. The lowest BCUT2D eigenvalue weighted by Crippen LogP contribution is -2.35. The molecule has 0 atom stereocenters. The molecular formula is C26H22ClN5OS. The van der Waals surface area contributed by atoms with Crippen LogP contribution < -0.4 is 0 Å². The molecular weight excluding hydrogens is 466 g/mol. The largest absolute Gasteiger partial charge is 0.318 e. The first-order chi connectivity index (χ1) is 16.3. The Labute approximate surface area is 207 Å². The number of carbonyl (C=O) groups excluding carboxylic acids is 1. The molecule has 0 aliphatic carbocycles. The van der Waals surface area contributed by atoms with Gasteiger partial charge in [-0.2, -0.15) is 15.1 Å². The van der Waals surface area contributed by atoms with E-state index in [0.29, 0.717) is 16.6 Å². The lowest BCUT2D eigenvalue weighted by Gasteiger charge is -2.20. The summed E-state index contributed by atoms with van der Waals surface area (Å²) >= 11 is 7.48. The Morgan fingerprint density at radius 2 is 1.85 bits per heavy atom. The van der Waals surface area contributed by atoms with Crippen LogP contribution in [0.1, 0.15) is 28.1 Å². The Hall–Kier alpha value is -3.42. The number of aromatic nitrogens is 1. The van der Waals surface area contributed by atoms with E-state index in [2.05, 4.69) is 14.7 Å². The second-order valence-electron chi connectivity index (χ2n) is 8.27. The summed E-state index contributed by atoms with van der Waals surface area (Å²) in [5.41, 5.74) is 6.27. The van der Waals surface area contributed by atoms with Crippen LogP contribution in [0.15, 0.2) is 70.3 Å². The smallest absolute Gasteiger partial charge is 0.283 e. The maximum atomic E-state index is 12.9. The molecule has 34 heavy (non-hydrogen) atoms. The summed E-state index contributed by atoms with van der Waals surface area (Å²) < 4.78 is 2.13. The molecule has 0 bridgehead atoms. The number of hydrogen-bond acceptors (Lipinski definition) is 4. The molecule has 3 heterocycles. The second kappa shape index (κ2) is 8.74. The van der Waals surface area contributed by atoms with E-state index in [-0.39, 0.29) is 11.4 Å². The minimum absolute atomic E-state index is 0.0399. The van der Waals surface area contributed by atoms with Gasteiger partial charge in [0.2, 0.25) is 5.17 Å². The lowest BCUT2D eigenvalue weighted by atomic mass is 10.1. The number of nitrogens with zero attached hydrogens (tertiary/aromatic N) is 4. The molecule has 170 valence electrons. The molecule has 2 aliphatic heterocycles. The number of hydrazone groups is 1. The van der Waals surface area contributed by atoms with Crippen LogP contribution >= 0.6 is 23.4 Å². The zero-order valence-electron chi connectivity index (χ0n) is 19.0. The van der Waals surface area contributed by atoms with Gasteiger partial charge in [0.05, 0.1) is 5.57 Å². The molecule has 3 aromatic rings. The van der Waals surface area contributed by atoms with Crippen molar-refractivity contribution >= 4 is 51.4 Å². The van der Waals surface area contributed by atoms with E-state index in [0.717, 1.165) is 38.8 Å². The fourth-order valence-corrected chi connectivity index (χ4v) is 5.35. The molecule has 2 aliphatic rings. The number of hydrogen-bond donors (Lipinski definition) is 1. The van der Waals surface area contributed by atoms with Gasteiger partial charge in [0.1, 0.15) is 5.04 Å². The summed E-state index contributed by atoms with van der Waals surface area (Å²) in [5, 5.41) is 16.6. The van der Waals surface area contributed by atoms with Crippen LogP contribution in [-0.2, 0) is 11.2 Å². The fourth-order valence-electron chi connectivity index (χ4n) is 4.20. The predicted octanol–water partition coefficient (Wildman–Crippen LogP) is 5.92. The van der Waals surface area contributed by atoms with Gasteiger partial charge in [0.15, 0.2) is 5.84 Å². The Morgan fingerprint density at radius 3 is 2.59 bits per heavy atom. The minimum atomic E-state index is -0.424. The molecule has 1 amide bonds. The van der Waals surface area contributed by atoms with Crippen LogP contribution in [0.2, 0.25) is 5.02 Å². The average molecular weight is 488 g/mol. The van der Waals surface area contributed by atoms with Gasteiger partial charge in [0, 0.05) is 28.5 Å². The Bertz CT molecular complexity index is 1430. The average Bonchev–Trinajstić information content (AvgIpc) is 3.32. The van der Waals surface area contributed by atoms with E-state index in [9.17, 15) is 4.79 Å². The topological polar surface area (TPSA) is 73.8 Å². The number of aliphatic imine (C=N–C) groups is 1. The van der Waals surface area contributed by atoms with Crippen LogP contribution in [0.5, 0.6) is 0 Å². The van der Waals surface area contributed by atoms with Crippen LogP contribution in [0.4, 0.5) is 0 Å². The number of fused-ring (bicyclic) bond motifs is 1. The molecule has 0 saturated heterocycles. The van der Waals surface area contributed by atoms with Gasteiger partial charge in [0.25, 0.3) is 5.91 Å². The third kappa shape index (κ3) is 4.02. The van der Waals surface area contributed by atoms with Gasteiger partial charge >= 0.3 is 0 Å². The third-order valence-corrected chi connectivity index (χ3v) is 7.01. The zero-order chi connectivity index (χ0) is 24.0. The molecule has 1 aromatic heterocycles. The van der Waals surface area contributed by atoms with Gasteiger partial charge in [-0.05, 0) is 79.6 Å². The maximum Gasteiger partial charge on any atom is 0.283 e. The lowest BCUT2D eigenvalue weighted by molar-refractivity contribution is -0.114. The summed E-state index contributed by atoms with van der Waals surface area (Å²) in [6.45, 7) is 6.04. The standard InChI is InChI=1S/C26H22ClN5OS/c1-15-11-20(27)9-10-22(15)31-16(2)12-19(17(31)3)14-21-24(28)32-26(29-25(21)33)34-23(30-32)13-18-7-5-4-6-8-18/h4-12,14,28H,13H2,1-3H3/b21-14-,28-24?. The number of benzene rings is 2. The normalized spacial score (nSPS) is 16.7. The summed E-state index contributed by atoms with van der Waals surface area (Å²) in [4.78, 5) is 17.1. The van der Waals surface area contributed by atoms with Crippen LogP contribution in [-0.4, -0.2) is 31.5 Å². The number of thioether (sulfide) groups is 1. The van der Waals surface area contributed by atoms with Gasteiger partial charge in [-0.3, -0.25) is 10.2 Å². The van der Waals surface area contributed by atoms with Gasteiger partial charge < -0.3 is 4.57 Å². The number of halogens is 1. The first kappa shape index (κ1) is 22.4. The highest BCUT2D eigenvalue weighted by atomic mass is 35.5. The summed E-state index contributed by atoms with van der Waals surface area (Å²) in [6, 6.07) is 17.8. The molecule has 0 unspecified atom stereocenters. The van der Waals surface area contributed by atoms with Gasteiger partial charge in [-0.25, -0.2) is 0 Å². The van der Waals surface area contributed by atoms with E-state index >= 15 is 0 Å².